The van der Waals surface area contributed by atoms with Crippen molar-refractivity contribution in [1.29, 1.82) is 0 Å². The van der Waals surface area contributed by atoms with Gasteiger partial charge in [-0.1, -0.05) is 52.3 Å². The van der Waals surface area contributed by atoms with Crippen LogP contribution in [0.4, 0.5) is 0 Å². The second-order valence-electron chi connectivity index (χ2n) is 5.64. The summed E-state index contributed by atoms with van der Waals surface area (Å²) in [5.74, 6) is -0.278. The third-order valence-corrected chi connectivity index (χ3v) is 5.22. The van der Waals surface area contributed by atoms with Crippen molar-refractivity contribution in [3.63, 3.8) is 0 Å². The Bertz CT molecular complexity index is 888. The van der Waals surface area contributed by atoms with Gasteiger partial charge in [-0.05, 0) is 35.2 Å². The molecule has 0 radical (unpaired) electrons. The first-order valence-corrected chi connectivity index (χ1v) is 9.40. The van der Waals surface area contributed by atoms with Crippen LogP contribution in [0.5, 0.6) is 0 Å². The van der Waals surface area contributed by atoms with Crippen LogP contribution in [0.2, 0.25) is 0 Å². The van der Waals surface area contributed by atoms with Gasteiger partial charge in [0.1, 0.15) is 0 Å². The number of amides is 1. The molecule has 0 saturated heterocycles. The minimum absolute atomic E-state index is 0.115. The smallest absolute Gasteiger partial charge is 0.254 e. The minimum atomic E-state index is -0.163. The molecule has 25 heavy (non-hydrogen) atoms. The largest absolute Gasteiger partial charge is 0.337 e. The van der Waals surface area contributed by atoms with Crippen LogP contribution in [0.15, 0.2) is 70.5 Å². The highest BCUT2D eigenvalue weighted by atomic mass is 79.9. The van der Waals surface area contributed by atoms with Gasteiger partial charge in [-0.2, -0.15) is 0 Å². The summed E-state index contributed by atoms with van der Waals surface area (Å²) in [4.78, 5) is 27.8. The molecule has 0 unspecified atom stereocenters. The van der Waals surface area contributed by atoms with E-state index in [1.807, 2.05) is 35.7 Å². The molecule has 0 aliphatic heterocycles. The fraction of sp³-hybridized carbons (Fsp3) is 0.100. The topological polar surface area (TPSA) is 37.4 Å². The number of nitrogens with zero attached hydrogens (tertiary/aromatic N) is 1. The van der Waals surface area contributed by atoms with Gasteiger partial charge >= 0.3 is 0 Å². The quantitative estimate of drug-likeness (QED) is 0.551. The standard InChI is InChI=1S/C20H16BrNO2S/c1-22(13-14-8-10-15(21)11-9-14)20(24)17-6-3-2-5-16(17)19(23)18-7-4-12-25-18/h2-12H,13H2,1H3. The van der Waals surface area contributed by atoms with Crippen molar-refractivity contribution in [2.24, 2.45) is 0 Å². The van der Waals surface area contributed by atoms with Gasteiger partial charge in [-0.15, -0.1) is 11.3 Å². The van der Waals surface area contributed by atoms with Crippen molar-refractivity contribution in [2.75, 3.05) is 7.05 Å². The third kappa shape index (κ3) is 4.06. The van der Waals surface area contributed by atoms with Gasteiger partial charge in [0.15, 0.2) is 0 Å². The van der Waals surface area contributed by atoms with Crippen LogP contribution >= 0.6 is 27.3 Å². The maximum atomic E-state index is 12.9. The van der Waals surface area contributed by atoms with E-state index in [4.69, 9.17) is 0 Å². The summed E-state index contributed by atoms with van der Waals surface area (Å²) < 4.78 is 0.997. The fourth-order valence-corrected chi connectivity index (χ4v) is 3.49. The molecule has 0 atom stereocenters. The maximum absolute atomic E-state index is 12.9. The number of hydrogen-bond acceptors (Lipinski definition) is 3. The van der Waals surface area contributed by atoms with Crippen LogP contribution < -0.4 is 0 Å². The van der Waals surface area contributed by atoms with E-state index in [9.17, 15) is 9.59 Å². The van der Waals surface area contributed by atoms with Crippen LogP contribution in [-0.2, 0) is 6.54 Å². The molecule has 3 aromatic rings. The fourth-order valence-electron chi connectivity index (χ4n) is 2.55. The predicted octanol–water partition coefficient (Wildman–Crippen LogP) is 5.01. The molecule has 0 fully saturated rings. The number of hydrogen-bond donors (Lipinski definition) is 0. The Balaban J connectivity index is 1.84. The highest BCUT2D eigenvalue weighted by Crippen LogP contribution is 2.20. The first kappa shape index (κ1) is 17.6. The molecule has 3 nitrogen and oxygen atoms in total. The van der Waals surface area contributed by atoms with Crippen molar-refractivity contribution >= 4 is 39.0 Å². The molecule has 1 amide bonds. The maximum Gasteiger partial charge on any atom is 0.254 e. The summed E-state index contributed by atoms with van der Waals surface area (Å²) in [7, 11) is 1.75. The second kappa shape index (κ2) is 7.76. The first-order chi connectivity index (χ1) is 12.1. The second-order valence-corrected chi connectivity index (χ2v) is 7.50. The van der Waals surface area contributed by atoms with E-state index in [-0.39, 0.29) is 11.7 Å². The Kier molecular flexibility index (Phi) is 5.46. The molecule has 0 aliphatic rings. The molecular weight excluding hydrogens is 398 g/mol. The van der Waals surface area contributed by atoms with Crippen molar-refractivity contribution in [3.8, 4) is 0 Å². The minimum Gasteiger partial charge on any atom is -0.337 e. The van der Waals surface area contributed by atoms with E-state index >= 15 is 0 Å². The van der Waals surface area contributed by atoms with Crippen LogP contribution in [0.1, 0.15) is 31.2 Å². The zero-order valence-corrected chi connectivity index (χ0v) is 16.0. The van der Waals surface area contributed by atoms with Crippen molar-refractivity contribution < 1.29 is 9.59 Å². The number of benzene rings is 2. The summed E-state index contributed by atoms with van der Waals surface area (Å²) in [5, 5.41) is 1.86. The van der Waals surface area contributed by atoms with Crippen molar-refractivity contribution in [3.05, 3.63) is 92.1 Å². The summed E-state index contributed by atoms with van der Waals surface area (Å²) in [5.41, 5.74) is 1.90. The lowest BCUT2D eigenvalue weighted by Gasteiger charge is -2.19. The molecule has 2 aromatic carbocycles. The number of thiophene rings is 1. The molecule has 5 heteroatoms. The average Bonchev–Trinajstić information content (AvgIpc) is 3.17. The van der Waals surface area contributed by atoms with Gasteiger partial charge in [0, 0.05) is 23.6 Å². The Hall–Kier alpha value is -2.24. The van der Waals surface area contributed by atoms with Gasteiger partial charge in [0.05, 0.1) is 10.4 Å². The van der Waals surface area contributed by atoms with E-state index in [0.29, 0.717) is 22.5 Å². The van der Waals surface area contributed by atoms with Crippen LogP contribution in [0.3, 0.4) is 0 Å². The van der Waals surface area contributed by atoms with E-state index in [2.05, 4.69) is 15.9 Å². The monoisotopic (exact) mass is 413 g/mol. The van der Waals surface area contributed by atoms with E-state index in [1.165, 1.54) is 11.3 Å². The Morgan fingerprint density at radius 3 is 2.28 bits per heavy atom. The van der Waals surface area contributed by atoms with Gasteiger partial charge in [0.2, 0.25) is 5.78 Å². The van der Waals surface area contributed by atoms with Crippen LogP contribution in [-0.4, -0.2) is 23.6 Å². The van der Waals surface area contributed by atoms with E-state index < -0.39 is 0 Å². The van der Waals surface area contributed by atoms with Gasteiger partial charge in [-0.3, -0.25) is 9.59 Å². The van der Waals surface area contributed by atoms with Crippen molar-refractivity contribution in [2.45, 2.75) is 6.54 Å². The van der Waals surface area contributed by atoms with Crippen LogP contribution in [0.25, 0.3) is 0 Å². The SMILES string of the molecule is CN(Cc1ccc(Br)cc1)C(=O)c1ccccc1C(=O)c1cccs1. The van der Waals surface area contributed by atoms with Gasteiger partial charge in [0.25, 0.3) is 5.91 Å². The predicted molar refractivity (Wildman–Crippen MR) is 104 cm³/mol. The summed E-state index contributed by atoms with van der Waals surface area (Å²) >= 11 is 4.78. The summed E-state index contributed by atoms with van der Waals surface area (Å²) in [6.07, 6.45) is 0. The van der Waals surface area contributed by atoms with Crippen LogP contribution in [0, 0.1) is 0 Å². The summed E-state index contributed by atoms with van der Waals surface area (Å²) in [6, 6.07) is 18.4. The van der Waals surface area contributed by atoms with E-state index in [0.717, 1.165) is 10.0 Å². The summed E-state index contributed by atoms with van der Waals surface area (Å²) in [6.45, 7) is 0.480. The van der Waals surface area contributed by atoms with E-state index in [1.54, 1.807) is 42.3 Å². The molecular formula is C20H16BrNO2S. The zero-order chi connectivity index (χ0) is 17.8. The average molecular weight is 414 g/mol. The number of carbonyl (C=O) groups is 2. The lowest BCUT2D eigenvalue weighted by molar-refractivity contribution is 0.0780. The lowest BCUT2D eigenvalue weighted by Crippen LogP contribution is -2.27. The molecule has 0 spiro atoms. The zero-order valence-electron chi connectivity index (χ0n) is 13.6. The Morgan fingerprint density at radius 1 is 0.960 bits per heavy atom. The molecule has 0 saturated carbocycles. The Morgan fingerprint density at radius 2 is 1.64 bits per heavy atom. The highest BCUT2D eigenvalue weighted by Gasteiger charge is 2.21. The molecule has 126 valence electrons. The number of carbonyl (C=O) groups excluding carboxylic acids is 2. The molecule has 0 bridgehead atoms. The molecule has 1 aromatic heterocycles. The number of ketones is 1. The molecule has 3 rings (SSSR count). The van der Waals surface area contributed by atoms with Crippen molar-refractivity contribution in [1.82, 2.24) is 4.90 Å². The first-order valence-electron chi connectivity index (χ1n) is 7.73. The van der Waals surface area contributed by atoms with Gasteiger partial charge in [-0.25, -0.2) is 0 Å². The third-order valence-electron chi connectivity index (χ3n) is 3.83. The highest BCUT2D eigenvalue weighted by molar-refractivity contribution is 9.10. The normalized spacial score (nSPS) is 10.5. The lowest BCUT2D eigenvalue weighted by atomic mass is 10.0. The Labute approximate surface area is 159 Å². The number of halogens is 1. The molecule has 0 N–H and O–H groups in total. The molecule has 1 heterocycles. The molecule has 0 aliphatic carbocycles. The van der Waals surface area contributed by atoms with Gasteiger partial charge < -0.3 is 4.90 Å². The number of rotatable bonds is 5.